The van der Waals surface area contributed by atoms with Crippen molar-refractivity contribution in [2.24, 2.45) is 0 Å². The SMILES string of the molecule is CCc1ccc2oc(C3CCNC3C)nc2c1. The molecule has 1 saturated heterocycles. The highest BCUT2D eigenvalue weighted by molar-refractivity contribution is 5.73. The van der Waals surface area contributed by atoms with Crippen LogP contribution in [0.1, 0.15) is 37.6 Å². The minimum atomic E-state index is 0.424. The smallest absolute Gasteiger partial charge is 0.200 e. The van der Waals surface area contributed by atoms with Crippen molar-refractivity contribution in [3.63, 3.8) is 0 Å². The molecule has 0 saturated carbocycles. The van der Waals surface area contributed by atoms with E-state index in [4.69, 9.17) is 4.42 Å². The number of aromatic nitrogens is 1. The number of oxazole rings is 1. The molecular formula is C14H18N2O. The maximum absolute atomic E-state index is 5.87. The molecule has 2 unspecified atom stereocenters. The Morgan fingerprint density at radius 1 is 1.47 bits per heavy atom. The van der Waals surface area contributed by atoms with E-state index in [1.165, 1.54) is 5.56 Å². The molecule has 90 valence electrons. The predicted octanol–water partition coefficient (Wildman–Crippen LogP) is 2.86. The van der Waals surface area contributed by atoms with Crippen molar-refractivity contribution in [1.82, 2.24) is 10.3 Å². The molecule has 1 aromatic heterocycles. The van der Waals surface area contributed by atoms with Gasteiger partial charge in [0.1, 0.15) is 5.52 Å². The average Bonchev–Trinajstić information content (AvgIpc) is 2.93. The van der Waals surface area contributed by atoms with Gasteiger partial charge in [-0.05, 0) is 44.0 Å². The summed E-state index contributed by atoms with van der Waals surface area (Å²) in [6, 6.07) is 6.76. The van der Waals surface area contributed by atoms with Crippen LogP contribution in [0.5, 0.6) is 0 Å². The molecule has 2 heterocycles. The highest BCUT2D eigenvalue weighted by Crippen LogP contribution is 2.29. The molecular weight excluding hydrogens is 212 g/mol. The van der Waals surface area contributed by atoms with Gasteiger partial charge in [0.2, 0.25) is 0 Å². The van der Waals surface area contributed by atoms with E-state index in [2.05, 4.69) is 36.3 Å². The minimum absolute atomic E-state index is 0.424. The predicted molar refractivity (Wildman–Crippen MR) is 68.2 cm³/mol. The van der Waals surface area contributed by atoms with Crippen LogP contribution in [0.15, 0.2) is 22.6 Å². The lowest BCUT2D eigenvalue weighted by atomic mass is 10.0. The number of fused-ring (bicyclic) bond motifs is 1. The van der Waals surface area contributed by atoms with Crippen LogP contribution < -0.4 is 5.32 Å². The summed E-state index contributed by atoms with van der Waals surface area (Å²) in [6.45, 7) is 5.42. The first-order chi connectivity index (χ1) is 8.28. The summed E-state index contributed by atoms with van der Waals surface area (Å²) in [7, 11) is 0. The number of rotatable bonds is 2. The highest BCUT2D eigenvalue weighted by atomic mass is 16.3. The molecule has 2 atom stereocenters. The molecule has 2 aromatic rings. The van der Waals surface area contributed by atoms with E-state index in [-0.39, 0.29) is 0 Å². The van der Waals surface area contributed by atoms with Crippen LogP contribution >= 0.6 is 0 Å². The molecule has 1 aromatic carbocycles. The minimum Gasteiger partial charge on any atom is -0.440 e. The lowest BCUT2D eigenvalue weighted by molar-refractivity contribution is 0.447. The van der Waals surface area contributed by atoms with E-state index in [1.54, 1.807) is 0 Å². The fourth-order valence-corrected chi connectivity index (χ4v) is 2.57. The Morgan fingerprint density at radius 2 is 2.35 bits per heavy atom. The van der Waals surface area contributed by atoms with Crippen molar-refractivity contribution in [1.29, 1.82) is 0 Å². The van der Waals surface area contributed by atoms with Crippen molar-refractivity contribution in [2.45, 2.75) is 38.6 Å². The monoisotopic (exact) mass is 230 g/mol. The molecule has 1 aliphatic rings. The summed E-state index contributed by atoms with van der Waals surface area (Å²) in [5.74, 6) is 1.32. The lowest BCUT2D eigenvalue weighted by Gasteiger charge is -2.09. The molecule has 1 N–H and O–H groups in total. The van der Waals surface area contributed by atoms with Crippen molar-refractivity contribution >= 4 is 11.1 Å². The number of aryl methyl sites for hydroxylation is 1. The van der Waals surface area contributed by atoms with E-state index in [9.17, 15) is 0 Å². The lowest BCUT2D eigenvalue weighted by Crippen LogP contribution is -2.21. The Morgan fingerprint density at radius 3 is 3.06 bits per heavy atom. The Bertz CT molecular complexity index is 532. The van der Waals surface area contributed by atoms with Gasteiger partial charge in [-0.2, -0.15) is 0 Å². The van der Waals surface area contributed by atoms with Gasteiger partial charge in [0, 0.05) is 6.04 Å². The summed E-state index contributed by atoms with van der Waals surface area (Å²) >= 11 is 0. The van der Waals surface area contributed by atoms with Crippen LogP contribution in [0.3, 0.4) is 0 Å². The zero-order chi connectivity index (χ0) is 11.8. The third kappa shape index (κ3) is 1.84. The normalized spacial score (nSPS) is 24.6. The van der Waals surface area contributed by atoms with E-state index < -0.39 is 0 Å². The third-order valence-corrected chi connectivity index (χ3v) is 3.72. The van der Waals surface area contributed by atoms with E-state index in [0.717, 1.165) is 36.4 Å². The highest BCUT2D eigenvalue weighted by Gasteiger charge is 2.28. The molecule has 0 aliphatic carbocycles. The van der Waals surface area contributed by atoms with E-state index >= 15 is 0 Å². The third-order valence-electron chi connectivity index (χ3n) is 3.72. The number of hydrogen-bond acceptors (Lipinski definition) is 3. The average molecular weight is 230 g/mol. The number of benzene rings is 1. The molecule has 0 bridgehead atoms. The van der Waals surface area contributed by atoms with Gasteiger partial charge in [-0.3, -0.25) is 0 Å². The van der Waals surface area contributed by atoms with Crippen LogP contribution in [-0.2, 0) is 6.42 Å². The van der Waals surface area contributed by atoms with Gasteiger partial charge >= 0.3 is 0 Å². The van der Waals surface area contributed by atoms with Gasteiger partial charge in [-0.25, -0.2) is 4.98 Å². The van der Waals surface area contributed by atoms with E-state index in [1.807, 2.05) is 6.07 Å². The first-order valence-electron chi connectivity index (χ1n) is 6.40. The van der Waals surface area contributed by atoms with Gasteiger partial charge in [0.15, 0.2) is 11.5 Å². The Balaban J connectivity index is 2.01. The summed E-state index contributed by atoms with van der Waals surface area (Å²) in [5.41, 5.74) is 3.23. The number of hydrogen-bond donors (Lipinski definition) is 1. The fourth-order valence-electron chi connectivity index (χ4n) is 2.57. The summed E-state index contributed by atoms with van der Waals surface area (Å²) in [6.07, 6.45) is 2.16. The van der Waals surface area contributed by atoms with Gasteiger partial charge in [0.05, 0.1) is 5.92 Å². The van der Waals surface area contributed by atoms with Crippen molar-refractivity contribution in [3.8, 4) is 0 Å². The van der Waals surface area contributed by atoms with Gasteiger partial charge in [-0.15, -0.1) is 0 Å². The van der Waals surface area contributed by atoms with Crippen molar-refractivity contribution in [3.05, 3.63) is 29.7 Å². The van der Waals surface area contributed by atoms with Crippen LogP contribution in [0.4, 0.5) is 0 Å². The summed E-state index contributed by atoms with van der Waals surface area (Å²) in [5, 5.41) is 3.43. The Hall–Kier alpha value is -1.35. The second-order valence-electron chi connectivity index (χ2n) is 4.85. The Labute approximate surface area is 101 Å². The van der Waals surface area contributed by atoms with Crippen LogP contribution in [-0.4, -0.2) is 17.6 Å². The maximum atomic E-state index is 5.87. The second-order valence-corrected chi connectivity index (χ2v) is 4.85. The first kappa shape index (κ1) is 10.8. The molecule has 3 rings (SSSR count). The van der Waals surface area contributed by atoms with Crippen molar-refractivity contribution < 1.29 is 4.42 Å². The molecule has 1 aliphatic heterocycles. The molecule has 17 heavy (non-hydrogen) atoms. The summed E-state index contributed by atoms with van der Waals surface area (Å²) in [4.78, 5) is 4.65. The molecule has 1 fully saturated rings. The Kier molecular flexibility index (Phi) is 2.63. The maximum Gasteiger partial charge on any atom is 0.200 e. The number of nitrogens with zero attached hydrogens (tertiary/aromatic N) is 1. The number of nitrogens with one attached hydrogen (secondary N) is 1. The van der Waals surface area contributed by atoms with Crippen LogP contribution in [0.2, 0.25) is 0 Å². The van der Waals surface area contributed by atoms with Crippen LogP contribution in [0.25, 0.3) is 11.1 Å². The fraction of sp³-hybridized carbons (Fsp3) is 0.500. The van der Waals surface area contributed by atoms with Crippen LogP contribution in [0, 0.1) is 0 Å². The molecule has 0 radical (unpaired) electrons. The van der Waals surface area contributed by atoms with Gasteiger partial charge in [-0.1, -0.05) is 13.0 Å². The van der Waals surface area contributed by atoms with Gasteiger partial charge in [0.25, 0.3) is 0 Å². The zero-order valence-electron chi connectivity index (χ0n) is 10.4. The van der Waals surface area contributed by atoms with Gasteiger partial charge < -0.3 is 9.73 Å². The molecule has 3 heteroatoms. The molecule has 3 nitrogen and oxygen atoms in total. The zero-order valence-corrected chi connectivity index (χ0v) is 10.4. The topological polar surface area (TPSA) is 38.1 Å². The molecule has 0 amide bonds. The van der Waals surface area contributed by atoms with Crippen molar-refractivity contribution in [2.75, 3.05) is 6.54 Å². The molecule has 0 spiro atoms. The largest absolute Gasteiger partial charge is 0.440 e. The first-order valence-corrected chi connectivity index (χ1v) is 6.40. The quantitative estimate of drug-likeness (QED) is 0.862. The standard InChI is InChI=1S/C14H18N2O/c1-3-10-4-5-13-12(8-10)16-14(17-13)11-6-7-15-9(11)2/h4-5,8-9,11,15H,3,6-7H2,1-2H3. The second kappa shape index (κ2) is 4.15. The van der Waals surface area contributed by atoms with E-state index in [0.29, 0.717) is 12.0 Å². The summed E-state index contributed by atoms with van der Waals surface area (Å²) < 4.78 is 5.87.